The van der Waals surface area contributed by atoms with Gasteiger partial charge in [0.05, 0.1) is 4.88 Å². The Kier molecular flexibility index (Phi) is 3.93. The minimum atomic E-state index is 0.182. The summed E-state index contributed by atoms with van der Waals surface area (Å²) in [5, 5.41) is 1.25. The molecule has 24 heavy (non-hydrogen) atoms. The van der Waals surface area contributed by atoms with E-state index in [1.165, 1.54) is 32.6 Å². The molecule has 4 rings (SSSR count). The largest absolute Gasteiger partial charge is 0.358 e. The second-order valence-electron chi connectivity index (χ2n) is 6.55. The predicted molar refractivity (Wildman–Crippen MR) is 99.8 cm³/mol. The average molecular weight is 338 g/mol. The Balaban J connectivity index is 1.62. The van der Waals surface area contributed by atoms with E-state index in [4.69, 9.17) is 0 Å². The zero-order valence-electron chi connectivity index (χ0n) is 14.2. The lowest BCUT2D eigenvalue weighted by Crippen LogP contribution is -2.35. The summed E-state index contributed by atoms with van der Waals surface area (Å²) in [6.45, 7) is 5.80. The molecular formula is C20H22N2OS. The van der Waals surface area contributed by atoms with Gasteiger partial charge in [0.1, 0.15) is 0 Å². The van der Waals surface area contributed by atoms with Crippen LogP contribution in [-0.2, 0) is 19.4 Å². The second kappa shape index (κ2) is 6.10. The van der Waals surface area contributed by atoms with Crippen LogP contribution in [-0.4, -0.2) is 22.3 Å². The number of carbonyl (C=O) groups excluding carboxylic acids is 1. The molecule has 0 fully saturated rings. The topological polar surface area (TPSA) is 36.1 Å². The van der Waals surface area contributed by atoms with Crippen molar-refractivity contribution in [3.63, 3.8) is 0 Å². The molecule has 2 aromatic heterocycles. The molecule has 1 N–H and O–H groups in total. The van der Waals surface area contributed by atoms with Crippen molar-refractivity contribution in [2.24, 2.45) is 0 Å². The van der Waals surface area contributed by atoms with Crippen molar-refractivity contribution < 1.29 is 4.79 Å². The number of amides is 1. The fourth-order valence-corrected chi connectivity index (χ4v) is 4.68. The van der Waals surface area contributed by atoms with Crippen LogP contribution in [0.5, 0.6) is 0 Å². The van der Waals surface area contributed by atoms with Gasteiger partial charge in [-0.05, 0) is 31.0 Å². The monoisotopic (exact) mass is 338 g/mol. The summed E-state index contributed by atoms with van der Waals surface area (Å²) in [7, 11) is 0. The summed E-state index contributed by atoms with van der Waals surface area (Å²) in [6.07, 6.45) is 3.08. The highest BCUT2D eigenvalue weighted by Crippen LogP contribution is 2.30. The van der Waals surface area contributed by atoms with E-state index >= 15 is 0 Å². The van der Waals surface area contributed by atoms with Gasteiger partial charge in [0, 0.05) is 46.5 Å². The number of para-hydroxylation sites is 1. The summed E-state index contributed by atoms with van der Waals surface area (Å²) in [6, 6.07) is 10.5. The van der Waals surface area contributed by atoms with Gasteiger partial charge in [0.25, 0.3) is 5.91 Å². The Hall–Kier alpha value is -2.07. The summed E-state index contributed by atoms with van der Waals surface area (Å²) in [5.74, 6) is 0.182. The molecule has 0 unspecified atom stereocenters. The molecule has 0 spiro atoms. The lowest BCUT2D eigenvalue weighted by Gasteiger charge is -2.26. The van der Waals surface area contributed by atoms with Gasteiger partial charge in [-0.25, -0.2) is 0 Å². The zero-order valence-corrected chi connectivity index (χ0v) is 15.0. The van der Waals surface area contributed by atoms with Gasteiger partial charge in [-0.15, -0.1) is 11.3 Å². The van der Waals surface area contributed by atoms with E-state index in [2.05, 4.69) is 49.2 Å². The molecule has 0 aliphatic carbocycles. The fraction of sp³-hybridized carbons (Fsp3) is 0.350. The Labute approximate surface area is 146 Å². The van der Waals surface area contributed by atoms with Crippen LogP contribution in [0.25, 0.3) is 10.9 Å². The van der Waals surface area contributed by atoms with Crippen LogP contribution in [0.4, 0.5) is 0 Å². The third kappa shape index (κ3) is 2.55. The molecule has 0 radical (unpaired) electrons. The van der Waals surface area contributed by atoms with E-state index in [0.717, 1.165) is 30.7 Å². The van der Waals surface area contributed by atoms with Gasteiger partial charge in [0.15, 0.2) is 0 Å². The SMILES string of the molecule is CCCc1cc(C(=O)N2CCc3[nH]c4ccccc4c3C2)sc1C. The highest BCUT2D eigenvalue weighted by molar-refractivity contribution is 7.14. The number of hydrogen-bond acceptors (Lipinski definition) is 2. The number of carbonyl (C=O) groups is 1. The van der Waals surface area contributed by atoms with Crippen LogP contribution in [0, 0.1) is 6.92 Å². The molecule has 4 heteroatoms. The molecule has 0 saturated carbocycles. The van der Waals surface area contributed by atoms with Gasteiger partial charge in [0.2, 0.25) is 0 Å². The number of aromatic amines is 1. The van der Waals surface area contributed by atoms with Crippen molar-refractivity contribution in [1.82, 2.24) is 9.88 Å². The molecule has 3 heterocycles. The second-order valence-corrected chi connectivity index (χ2v) is 7.80. The smallest absolute Gasteiger partial charge is 0.264 e. The number of benzene rings is 1. The van der Waals surface area contributed by atoms with Crippen molar-refractivity contribution in [3.8, 4) is 0 Å². The maximum Gasteiger partial charge on any atom is 0.264 e. The zero-order chi connectivity index (χ0) is 16.7. The fourth-order valence-electron chi connectivity index (χ4n) is 3.64. The minimum absolute atomic E-state index is 0.182. The van der Waals surface area contributed by atoms with E-state index < -0.39 is 0 Å². The molecule has 0 saturated heterocycles. The molecular weight excluding hydrogens is 316 g/mol. The lowest BCUT2D eigenvalue weighted by molar-refractivity contribution is 0.0740. The summed E-state index contributed by atoms with van der Waals surface area (Å²) < 4.78 is 0. The molecule has 1 aliphatic rings. The van der Waals surface area contributed by atoms with Crippen LogP contribution in [0.2, 0.25) is 0 Å². The summed E-state index contributed by atoms with van der Waals surface area (Å²) >= 11 is 1.64. The third-order valence-electron chi connectivity index (χ3n) is 4.92. The normalized spacial score (nSPS) is 14.2. The number of nitrogens with one attached hydrogen (secondary N) is 1. The Morgan fingerprint density at radius 2 is 2.17 bits per heavy atom. The number of fused-ring (bicyclic) bond motifs is 3. The molecule has 1 amide bonds. The Morgan fingerprint density at radius 3 is 3.00 bits per heavy atom. The first-order valence-corrected chi connectivity index (χ1v) is 9.46. The number of aryl methyl sites for hydroxylation is 2. The van der Waals surface area contributed by atoms with Crippen LogP contribution < -0.4 is 0 Å². The first-order chi connectivity index (χ1) is 11.7. The van der Waals surface area contributed by atoms with Crippen LogP contribution in [0.1, 0.15) is 44.7 Å². The van der Waals surface area contributed by atoms with Crippen LogP contribution >= 0.6 is 11.3 Å². The maximum atomic E-state index is 13.0. The highest BCUT2D eigenvalue weighted by atomic mass is 32.1. The van der Waals surface area contributed by atoms with Gasteiger partial charge >= 0.3 is 0 Å². The molecule has 3 aromatic rings. The van der Waals surface area contributed by atoms with Gasteiger partial charge in [-0.2, -0.15) is 0 Å². The van der Waals surface area contributed by atoms with Gasteiger partial charge < -0.3 is 9.88 Å². The molecule has 0 bridgehead atoms. The number of hydrogen-bond donors (Lipinski definition) is 1. The maximum absolute atomic E-state index is 13.0. The van der Waals surface area contributed by atoms with Crippen molar-refractivity contribution in [2.75, 3.05) is 6.54 Å². The number of thiophene rings is 1. The standard InChI is InChI=1S/C20H22N2OS/c1-3-6-14-11-19(24-13(14)2)20(23)22-10-9-18-16(12-22)15-7-4-5-8-17(15)21-18/h4-5,7-8,11,21H,3,6,9-10,12H2,1-2H3. The Bertz CT molecular complexity index is 906. The minimum Gasteiger partial charge on any atom is -0.358 e. The summed E-state index contributed by atoms with van der Waals surface area (Å²) in [5.41, 5.74) is 5.08. The number of rotatable bonds is 3. The van der Waals surface area contributed by atoms with E-state index in [1.807, 2.05) is 4.90 Å². The van der Waals surface area contributed by atoms with E-state index in [1.54, 1.807) is 11.3 Å². The summed E-state index contributed by atoms with van der Waals surface area (Å²) in [4.78, 5) is 20.6. The van der Waals surface area contributed by atoms with Gasteiger partial charge in [-0.3, -0.25) is 4.79 Å². The quantitative estimate of drug-likeness (QED) is 0.739. The van der Waals surface area contributed by atoms with Crippen molar-refractivity contribution >= 4 is 28.1 Å². The molecule has 1 aromatic carbocycles. The van der Waals surface area contributed by atoms with E-state index in [0.29, 0.717) is 6.54 Å². The van der Waals surface area contributed by atoms with Crippen molar-refractivity contribution in [2.45, 2.75) is 39.7 Å². The van der Waals surface area contributed by atoms with Crippen molar-refractivity contribution in [1.29, 1.82) is 0 Å². The first kappa shape index (κ1) is 15.5. The van der Waals surface area contributed by atoms with E-state index in [-0.39, 0.29) is 5.91 Å². The van der Waals surface area contributed by atoms with Crippen LogP contribution in [0.3, 0.4) is 0 Å². The third-order valence-corrected chi connectivity index (χ3v) is 6.00. The molecule has 1 aliphatic heterocycles. The highest BCUT2D eigenvalue weighted by Gasteiger charge is 2.26. The lowest BCUT2D eigenvalue weighted by atomic mass is 10.0. The predicted octanol–water partition coefficient (Wildman–Crippen LogP) is 4.69. The molecule has 0 atom stereocenters. The average Bonchev–Trinajstić information content (AvgIpc) is 3.15. The number of H-pyrrole nitrogens is 1. The number of aromatic nitrogens is 1. The van der Waals surface area contributed by atoms with E-state index in [9.17, 15) is 4.79 Å². The Morgan fingerprint density at radius 1 is 1.33 bits per heavy atom. The van der Waals surface area contributed by atoms with Crippen molar-refractivity contribution in [3.05, 3.63) is 56.9 Å². The van der Waals surface area contributed by atoms with Gasteiger partial charge in [-0.1, -0.05) is 31.5 Å². The molecule has 124 valence electrons. The first-order valence-electron chi connectivity index (χ1n) is 8.64. The van der Waals surface area contributed by atoms with Crippen LogP contribution in [0.15, 0.2) is 30.3 Å². The number of nitrogens with zero attached hydrogens (tertiary/aromatic N) is 1. The molecule has 3 nitrogen and oxygen atoms in total.